The van der Waals surface area contributed by atoms with Crippen molar-refractivity contribution < 1.29 is 4.74 Å². The van der Waals surface area contributed by atoms with Crippen molar-refractivity contribution >= 4 is 12.6 Å². The molecule has 0 radical (unpaired) electrons. The van der Waals surface area contributed by atoms with Crippen LogP contribution < -0.4 is 0 Å². The third-order valence-electron chi connectivity index (χ3n) is 2.65. The molecule has 2 aromatic heterocycles. The topological polar surface area (TPSA) is 64.7 Å². The van der Waals surface area contributed by atoms with Crippen LogP contribution in [-0.2, 0) is 11.3 Å². The third-order valence-corrected chi connectivity index (χ3v) is 2.65. The maximum Gasteiger partial charge on any atom is 0.177 e. The van der Waals surface area contributed by atoms with Gasteiger partial charge in [-0.1, -0.05) is 6.07 Å². The number of aromatic nitrogens is 3. The lowest BCUT2D eigenvalue weighted by Crippen LogP contribution is -2.03. The van der Waals surface area contributed by atoms with Gasteiger partial charge in [-0.2, -0.15) is 0 Å². The van der Waals surface area contributed by atoms with Crippen LogP contribution in [0.4, 0.5) is 0 Å². The Labute approximate surface area is 123 Å². The molecule has 108 valence electrons. The SMILES string of the molecule is C=NC(=N/C=C(\C)OCCn1ccnc1)c1ccccn1. The summed E-state index contributed by atoms with van der Waals surface area (Å²) in [5.41, 5.74) is 0.676. The van der Waals surface area contributed by atoms with Crippen LogP contribution in [0.1, 0.15) is 12.6 Å². The van der Waals surface area contributed by atoms with Gasteiger partial charge in [0.05, 0.1) is 19.1 Å². The van der Waals surface area contributed by atoms with Crippen molar-refractivity contribution in [1.29, 1.82) is 0 Å². The monoisotopic (exact) mass is 283 g/mol. The van der Waals surface area contributed by atoms with Gasteiger partial charge in [-0.25, -0.2) is 15.0 Å². The molecule has 0 saturated carbocycles. The van der Waals surface area contributed by atoms with Crippen molar-refractivity contribution in [1.82, 2.24) is 14.5 Å². The summed E-state index contributed by atoms with van der Waals surface area (Å²) in [5.74, 6) is 1.17. The predicted molar refractivity (Wildman–Crippen MR) is 82.3 cm³/mol. The van der Waals surface area contributed by atoms with E-state index in [1.54, 1.807) is 24.9 Å². The summed E-state index contributed by atoms with van der Waals surface area (Å²) >= 11 is 0. The van der Waals surface area contributed by atoms with Crippen LogP contribution >= 0.6 is 0 Å². The Morgan fingerprint density at radius 1 is 1.43 bits per heavy atom. The van der Waals surface area contributed by atoms with E-state index >= 15 is 0 Å². The lowest BCUT2D eigenvalue weighted by molar-refractivity contribution is 0.201. The van der Waals surface area contributed by atoms with E-state index in [1.165, 1.54) is 0 Å². The molecule has 21 heavy (non-hydrogen) atoms. The Morgan fingerprint density at radius 3 is 3.00 bits per heavy atom. The van der Waals surface area contributed by atoms with E-state index in [9.17, 15) is 0 Å². The minimum absolute atomic E-state index is 0.466. The minimum Gasteiger partial charge on any atom is -0.495 e. The molecule has 0 amide bonds. The molecule has 0 bridgehead atoms. The van der Waals surface area contributed by atoms with Crippen molar-refractivity contribution in [3.05, 3.63) is 60.8 Å². The number of hydrogen-bond donors (Lipinski definition) is 0. The van der Waals surface area contributed by atoms with E-state index in [0.29, 0.717) is 23.9 Å². The van der Waals surface area contributed by atoms with Crippen LogP contribution in [0.15, 0.2) is 65.1 Å². The molecule has 0 unspecified atom stereocenters. The molecule has 6 heteroatoms. The number of aliphatic imine (C=N–C) groups is 2. The van der Waals surface area contributed by atoms with Crippen molar-refractivity contribution in [2.24, 2.45) is 9.98 Å². The number of ether oxygens (including phenoxy) is 1. The van der Waals surface area contributed by atoms with E-state index in [1.807, 2.05) is 35.9 Å². The second-order valence-corrected chi connectivity index (χ2v) is 4.21. The normalized spacial score (nSPS) is 12.2. The lowest BCUT2D eigenvalue weighted by atomic mass is 10.3. The highest BCUT2D eigenvalue weighted by molar-refractivity contribution is 6.00. The van der Waals surface area contributed by atoms with Crippen LogP contribution in [0.3, 0.4) is 0 Å². The maximum atomic E-state index is 5.57. The van der Waals surface area contributed by atoms with Gasteiger partial charge in [-0.3, -0.25) is 4.98 Å². The molecule has 0 fully saturated rings. The zero-order valence-electron chi connectivity index (χ0n) is 11.9. The van der Waals surface area contributed by atoms with Gasteiger partial charge in [0.15, 0.2) is 5.84 Å². The first-order valence-electron chi connectivity index (χ1n) is 6.51. The molecule has 0 aliphatic heterocycles. The molecule has 0 aliphatic rings. The summed E-state index contributed by atoms with van der Waals surface area (Å²) in [7, 11) is 0. The second-order valence-electron chi connectivity index (χ2n) is 4.21. The van der Waals surface area contributed by atoms with Crippen molar-refractivity contribution in [2.45, 2.75) is 13.5 Å². The first-order chi connectivity index (χ1) is 10.3. The number of amidine groups is 1. The third kappa shape index (κ3) is 4.68. The summed E-state index contributed by atoms with van der Waals surface area (Å²) in [6.07, 6.45) is 8.69. The number of hydrogen-bond acceptors (Lipinski definition) is 4. The fourth-order valence-electron chi connectivity index (χ4n) is 1.60. The first-order valence-corrected chi connectivity index (χ1v) is 6.51. The van der Waals surface area contributed by atoms with Gasteiger partial charge in [0.2, 0.25) is 0 Å². The molecule has 0 aromatic carbocycles. The van der Waals surface area contributed by atoms with Crippen molar-refractivity contribution in [3.8, 4) is 0 Å². The minimum atomic E-state index is 0.466. The molecule has 2 rings (SSSR count). The van der Waals surface area contributed by atoms with Gasteiger partial charge >= 0.3 is 0 Å². The van der Waals surface area contributed by atoms with Crippen LogP contribution in [0.25, 0.3) is 0 Å². The van der Waals surface area contributed by atoms with Crippen molar-refractivity contribution in [2.75, 3.05) is 6.61 Å². The van der Waals surface area contributed by atoms with Gasteiger partial charge in [0.25, 0.3) is 0 Å². The summed E-state index contributed by atoms with van der Waals surface area (Å²) in [4.78, 5) is 16.3. The van der Waals surface area contributed by atoms with Crippen LogP contribution in [0.5, 0.6) is 0 Å². The summed E-state index contributed by atoms with van der Waals surface area (Å²) in [6.45, 7) is 6.64. The Bertz CT molecular complexity index is 617. The summed E-state index contributed by atoms with van der Waals surface area (Å²) < 4.78 is 7.51. The Hall–Kier alpha value is -2.76. The zero-order chi connectivity index (χ0) is 14.9. The fraction of sp³-hybridized carbons (Fsp3) is 0.200. The molecule has 2 aromatic rings. The molecule has 0 saturated heterocycles. The Morgan fingerprint density at radius 2 is 2.33 bits per heavy atom. The molecule has 0 atom stereocenters. The summed E-state index contributed by atoms with van der Waals surface area (Å²) in [6, 6.07) is 5.54. The smallest absolute Gasteiger partial charge is 0.177 e. The highest BCUT2D eigenvalue weighted by Crippen LogP contribution is 2.02. The highest BCUT2D eigenvalue weighted by Gasteiger charge is 2.00. The van der Waals surface area contributed by atoms with Gasteiger partial charge in [0.1, 0.15) is 18.1 Å². The first kappa shape index (κ1) is 14.6. The van der Waals surface area contributed by atoms with E-state index in [0.717, 1.165) is 6.54 Å². The molecule has 2 heterocycles. The van der Waals surface area contributed by atoms with Gasteiger partial charge in [-0.15, -0.1) is 0 Å². The van der Waals surface area contributed by atoms with E-state index < -0.39 is 0 Å². The number of nitrogens with zero attached hydrogens (tertiary/aromatic N) is 5. The second kappa shape index (κ2) is 7.74. The number of allylic oxidation sites excluding steroid dienone is 1. The average Bonchev–Trinajstić information content (AvgIpc) is 3.02. The van der Waals surface area contributed by atoms with Gasteiger partial charge < -0.3 is 9.30 Å². The lowest BCUT2D eigenvalue weighted by Gasteiger charge is -2.06. The van der Waals surface area contributed by atoms with Crippen LogP contribution in [0, 0.1) is 0 Å². The zero-order valence-corrected chi connectivity index (χ0v) is 11.9. The quantitative estimate of drug-likeness (QED) is 0.464. The van der Waals surface area contributed by atoms with Gasteiger partial charge in [-0.05, 0) is 25.8 Å². The molecular weight excluding hydrogens is 266 g/mol. The Balaban J connectivity index is 1.91. The Kier molecular flexibility index (Phi) is 5.40. The summed E-state index contributed by atoms with van der Waals surface area (Å²) in [5, 5.41) is 0. The number of imidazole rings is 1. The number of rotatable bonds is 6. The van der Waals surface area contributed by atoms with Gasteiger partial charge in [0, 0.05) is 18.6 Å². The van der Waals surface area contributed by atoms with Crippen molar-refractivity contribution in [3.63, 3.8) is 0 Å². The standard InChI is InChI=1S/C15H17N5O/c1-13(21-10-9-20-8-7-17-12-20)11-19-15(16-2)14-5-3-4-6-18-14/h3-8,11-12H,2,9-10H2,1H3/b13-11+,19-15?. The average molecular weight is 283 g/mol. The van der Waals surface area contributed by atoms with E-state index in [-0.39, 0.29) is 0 Å². The largest absolute Gasteiger partial charge is 0.495 e. The van der Waals surface area contributed by atoms with E-state index in [2.05, 4.69) is 26.7 Å². The fourth-order valence-corrected chi connectivity index (χ4v) is 1.60. The molecule has 0 spiro atoms. The molecule has 0 aliphatic carbocycles. The molecule has 6 nitrogen and oxygen atoms in total. The molecular formula is C15H17N5O. The van der Waals surface area contributed by atoms with Crippen LogP contribution in [-0.4, -0.2) is 33.7 Å². The number of pyridine rings is 1. The van der Waals surface area contributed by atoms with Crippen LogP contribution in [0.2, 0.25) is 0 Å². The maximum absolute atomic E-state index is 5.57. The molecule has 0 N–H and O–H groups in total. The van der Waals surface area contributed by atoms with E-state index in [4.69, 9.17) is 4.74 Å². The highest BCUT2D eigenvalue weighted by atomic mass is 16.5. The predicted octanol–water partition coefficient (Wildman–Crippen LogP) is 2.30.